The average Bonchev–Trinajstić information content (AvgIpc) is 2.44. The van der Waals surface area contributed by atoms with Gasteiger partial charge in [-0.1, -0.05) is 42.0 Å². The zero-order valence-electron chi connectivity index (χ0n) is 11.7. The van der Waals surface area contributed by atoms with Crippen LogP contribution in [0.15, 0.2) is 52.6 Å². The Balaban J connectivity index is 1.95. The van der Waals surface area contributed by atoms with E-state index in [0.29, 0.717) is 0 Å². The van der Waals surface area contributed by atoms with Crippen molar-refractivity contribution in [1.82, 2.24) is 0 Å². The molecule has 0 aromatic carbocycles. The van der Waals surface area contributed by atoms with E-state index in [1.54, 1.807) is 6.21 Å². The van der Waals surface area contributed by atoms with E-state index in [4.69, 9.17) is 0 Å². The number of carbonyl (C=O) groups excluding carboxylic acids is 1. The summed E-state index contributed by atoms with van der Waals surface area (Å²) in [7, 11) is 0. The average molecular weight is 269 g/mol. The lowest BCUT2D eigenvalue weighted by atomic mass is 9.66. The van der Waals surface area contributed by atoms with E-state index in [2.05, 4.69) is 4.99 Å². The lowest BCUT2D eigenvalue weighted by Crippen LogP contribution is -2.52. The number of aliphatic hydroxyl groups excluding tert-OH is 1. The van der Waals surface area contributed by atoms with Crippen LogP contribution >= 0.6 is 0 Å². The van der Waals surface area contributed by atoms with Gasteiger partial charge in [0.15, 0.2) is 0 Å². The normalized spacial score (nSPS) is 38.0. The first kappa shape index (κ1) is 13.3. The minimum atomic E-state index is -0.593. The van der Waals surface area contributed by atoms with Crippen LogP contribution in [-0.4, -0.2) is 29.3 Å². The fourth-order valence-corrected chi connectivity index (χ4v) is 3.27. The maximum absolute atomic E-state index is 12.6. The van der Waals surface area contributed by atoms with Gasteiger partial charge in [0, 0.05) is 18.1 Å². The van der Waals surface area contributed by atoms with Crippen molar-refractivity contribution in [2.75, 3.05) is 0 Å². The number of hydrogen-bond donors (Lipinski definition) is 1. The Morgan fingerprint density at radius 3 is 2.75 bits per heavy atom. The van der Waals surface area contributed by atoms with Crippen LogP contribution < -0.4 is 0 Å². The van der Waals surface area contributed by atoms with Crippen molar-refractivity contribution in [2.45, 2.75) is 26.0 Å². The molecule has 20 heavy (non-hydrogen) atoms. The molecule has 3 heteroatoms. The molecule has 0 aromatic rings. The van der Waals surface area contributed by atoms with Gasteiger partial charge in [-0.2, -0.15) is 0 Å². The summed E-state index contributed by atoms with van der Waals surface area (Å²) in [6, 6.07) is -0.339. The van der Waals surface area contributed by atoms with Gasteiger partial charge in [-0.3, -0.25) is 9.79 Å². The molecule has 5 unspecified atom stereocenters. The number of carbonyl (C=O) groups is 1. The van der Waals surface area contributed by atoms with Crippen molar-refractivity contribution >= 4 is 12.0 Å². The quantitative estimate of drug-likeness (QED) is 0.793. The highest BCUT2D eigenvalue weighted by molar-refractivity contribution is 5.93. The third-order valence-electron chi connectivity index (χ3n) is 4.17. The molecule has 104 valence electrons. The largest absolute Gasteiger partial charge is 0.390 e. The maximum Gasteiger partial charge on any atom is 0.149 e. The van der Waals surface area contributed by atoms with Gasteiger partial charge in [0.2, 0.25) is 0 Å². The van der Waals surface area contributed by atoms with Crippen LogP contribution in [0, 0.1) is 17.8 Å². The fraction of sp³-hybridized carbons (Fsp3) is 0.412. The Morgan fingerprint density at radius 2 is 2.00 bits per heavy atom. The molecule has 0 saturated heterocycles. The predicted octanol–water partition coefficient (Wildman–Crippen LogP) is 2.25. The second kappa shape index (κ2) is 4.98. The number of nitrogens with zero attached hydrogens (tertiary/aromatic N) is 1. The van der Waals surface area contributed by atoms with Crippen LogP contribution in [-0.2, 0) is 4.79 Å². The van der Waals surface area contributed by atoms with Crippen molar-refractivity contribution in [3.63, 3.8) is 0 Å². The number of aliphatic imine (C=N–C) groups is 1. The van der Waals surface area contributed by atoms with Gasteiger partial charge < -0.3 is 5.11 Å². The molecule has 1 aliphatic heterocycles. The first-order chi connectivity index (χ1) is 9.58. The second-order valence-electron chi connectivity index (χ2n) is 5.95. The minimum absolute atomic E-state index is 0.135. The van der Waals surface area contributed by atoms with Crippen LogP contribution in [0.3, 0.4) is 0 Å². The van der Waals surface area contributed by atoms with E-state index in [0.717, 1.165) is 5.57 Å². The smallest absolute Gasteiger partial charge is 0.149 e. The van der Waals surface area contributed by atoms with E-state index >= 15 is 0 Å². The van der Waals surface area contributed by atoms with Crippen molar-refractivity contribution in [3.8, 4) is 0 Å². The third kappa shape index (κ3) is 2.12. The topological polar surface area (TPSA) is 49.7 Å². The second-order valence-corrected chi connectivity index (χ2v) is 5.95. The minimum Gasteiger partial charge on any atom is -0.390 e. The van der Waals surface area contributed by atoms with Crippen LogP contribution in [0.5, 0.6) is 0 Å². The van der Waals surface area contributed by atoms with E-state index in [1.165, 1.54) is 5.57 Å². The molecule has 0 bridgehead atoms. The summed E-state index contributed by atoms with van der Waals surface area (Å²) in [5.74, 6) is -0.488. The van der Waals surface area contributed by atoms with E-state index in [-0.39, 0.29) is 29.6 Å². The molecule has 2 aliphatic carbocycles. The zero-order valence-corrected chi connectivity index (χ0v) is 11.7. The van der Waals surface area contributed by atoms with E-state index in [9.17, 15) is 9.90 Å². The Bertz CT molecular complexity index is 576. The molecule has 3 aliphatic rings. The van der Waals surface area contributed by atoms with Crippen molar-refractivity contribution in [2.24, 2.45) is 22.7 Å². The summed E-state index contributed by atoms with van der Waals surface area (Å²) < 4.78 is 0. The molecule has 0 amide bonds. The van der Waals surface area contributed by atoms with Crippen molar-refractivity contribution in [3.05, 3.63) is 47.6 Å². The summed E-state index contributed by atoms with van der Waals surface area (Å²) in [6.45, 7) is 4.03. The molecule has 3 rings (SSSR count). The number of aliphatic hydroxyl groups is 1. The Labute approximate surface area is 119 Å². The van der Waals surface area contributed by atoms with Crippen LogP contribution in [0.4, 0.5) is 0 Å². The first-order valence-corrected chi connectivity index (χ1v) is 7.04. The SMILES string of the molecule is CC(C)=CC1=CC2C(=O)C3C=CC=CC3C(O)C2N=C1. The van der Waals surface area contributed by atoms with Gasteiger partial charge in [-0.05, 0) is 19.4 Å². The molecule has 1 N–H and O–H groups in total. The number of Topliss-reactive ketones (excluding diaryl/α,β-unsaturated/α-hetero) is 1. The summed E-state index contributed by atoms with van der Waals surface area (Å²) in [6.07, 6.45) is 12.8. The summed E-state index contributed by atoms with van der Waals surface area (Å²) >= 11 is 0. The molecule has 0 aromatic heterocycles. The van der Waals surface area contributed by atoms with Crippen LogP contribution in [0.25, 0.3) is 0 Å². The molecule has 5 atom stereocenters. The van der Waals surface area contributed by atoms with Crippen molar-refractivity contribution in [1.29, 1.82) is 0 Å². The Hall–Kier alpha value is -1.74. The number of fused-ring (bicyclic) bond motifs is 2. The summed E-state index contributed by atoms with van der Waals surface area (Å²) in [5, 5.41) is 10.5. The first-order valence-electron chi connectivity index (χ1n) is 7.04. The van der Waals surface area contributed by atoms with E-state index in [1.807, 2.05) is 50.3 Å². The van der Waals surface area contributed by atoms with E-state index < -0.39 is 6.10 Å². The van der Waals surface area contributed by atoms with Gasteiger partial charge in [0.1, 0.15) is 5.78 Å². The number of rotatable bonds is 1. The molecule has 3 nitrogen and oxygen atoms in total. The lowest BCUT2D eigenvalue weighted by molar-refractivity contribution is -0.132. The highest BCUT2D eigenvalue weighted by atomic mass is 16.3. The van der Waals surface area contributed by atoms with Crippen LogP contribution in [0.2, 0.25) is 0 Å². The maximum atomic E-state index is 12.6. The van der Waals surface area contributed by atoms with Gasteiger partial charge in [-0.15, -0.1) is 0 Å². The number of dihydropyridines is 1. The third-order valence-corrected chi connectivity index (χ3v) is 4.17. The van der Waals surface area contributed by atoms with Gasteiger partial charge in [0.25, 0.3) is 0 Å². The Morgan fingerprint density at radius 1 is 1.25 bits per heavy atom. The molecular formula is C17H19NO2. The van der Waals surface area contributed by atoms with Gasteiger partial charge in [-0.25, -0.2) is 0 Å². The predicted molar refractivity (Wildman–Crippen MR) is 79.6 cm³/mol. The molecule has 0 spiro atoms. The van der Waals surface area contributed by atoms with Gasteiger partial charge in [0.05, 0.1) is 18.1 Å². The number of hydrogen-bond acceptors (Lipinski definition) is 3. The fourth-order valence-electron chi connectivity index (χ4n) is 3.27. The Kier molecular flexibility index (Phi) is 3.30. The number of allylic oxidation sites excluding steroid dienone is 6. The lowest BCUT2D eigenvalue weighted by Gasteiger charge is -2.41. The number of ketones is 1. The van der Waals surface area contributed by atoms with Crippen molar-refractivity contribution < 1.29 is 9.90 Å². The molecule has 1 fully saturated rings. The summed E-state index contributed by atoms with van der Waals surface area (Å²) in [5.41, 5.74) is 2.13. The van der Waals surface area contributed by atoms with Crippen LogP contribution in [0.1, 0.15) is 13.8 Å². The highest BCUT2D eigenvalue weighted by Gasteiger charge is 2.48. The molecule has 1 heterocycles. The molecular weight excluding hydrogens is 250 g/mol. The molecule has 0 radical (unpaired) electrons. The van der Waals surface area contributed by atoms with Gasteiger partial charge >= 0.3 is 0 Å². The zero-order chi connectivity index (χ0) is 14.3. The molecule has 1 saturated carbocycles. The summed E-state index contributed by atoms with van der Waals surface area (Å²) in [4.78, 5) is 17.1. The standard InChI is InChI=1S/C17H19NO2/c1-10(2)7-11-8-14-15(18-9-11)17(20)13-6-4-3-5-12(13)16(14)19/h3-9,12-15,17,20H,1-2H3. The monoisotopic (exact) mass is 269 g/mol. The highest BCUT2D eigenvalue weighted by Crippen LogP contribution is 2.39.